The molecule has 3 aromatic carbocycles. The minimum Gasteiger partial charge on any atom is -0.495 e. The number of nitrogens with two attached hydrogens (primary N) is 1. The second kappa shape index (κ2) is 5.77. The summed E-state index contributed by atoms with van der Waals surface area (Å²) in [6.07, 6.45) is 0. The number of methoxy groups -OCH3 is 1. The normalized spacial score (nSPS) is 10.4. The van der Waals surface area contributed by atoms with E-state index in [1.165, 1.54) is 0 Å². The monoisotopic (exact) mass is 292 g/mol. The highest BCUT2D eigenvalue weighted by molar-refractivity contribution is 6.05. The van der Waals surface area contributed by atoms with E-state index in [0.29, 0.717) is 17.0 Å². The minimum absolute atomic E-state index is 0.204. The number of carbonyl (C=O) groups is 1. The summed E-state index contributed by atoms with van der Waals surface area (Å²) < 4.78 is 5.09. The molecule has 0 bridgehead atoms. The van der Waals surface area contributed by atoms with Crippen LogP contribution in [0.2, 0.25) is 0 Å². The molecule has 0 radical (unpaired) electrons. The van der Waals surface area contributed by atoms with Crippen molar-refractivity contribution < 1.29 is 9.53 Å². The third-order valence-electron chi connectivity index (χ3n) is 3.50. The van der Waals surface area contributed by atoms with Crippen molar-refractivity contribution in [1.29, 1.82) is 0 Å². The van der Waals surface area contributed by atoms with Gasteiger partial charge >= 0.3 is 0 Å². The molecule has 3 N–H and O–H groups in total. The standard InChI is InChI=1S/C18H16N2O2/c1-22-17-9-7-14(11-16(17)19)18(21)20-15-8-6-12-4-2-3-5-13(12)10-15/h2-11H,19H2,1H3,(H,20,21). The van der Waals surface area contributed by atoms with Crippen molar-refractivity contribution in [3.63, 3.8) is 0 Å². The molecule has 4 heteroatoms. The lowest BCUT2D eigenvalue weighted by Crippen LogP contribution is -2.12. The van der Waals surface area contributed by atoms with Gasteiger partial charge in [0.05, 0.1) is 12.8 Å². The molecular formula is C18H16N2O2. The molecule has 0 aliphatic carbocycles. The van der Waals surface area contributed by atoms with Gasteiger partial charge in [0.2, 0.25) is 0 Å². The maximum absolute atomic E-state index is 12.3. The van der Waals surface area contributed by atoms with Crippen molar-refractivity contribution in [3.8, 4) is 5.75 Å². The molecule has 3 rings (SSSR count). The van der Waals surface area contributed by atoms with E-state index in [2.05, 4.69) is 5.32 Å². The van der Waals surface area contributed by atoms with Crippen molar-refractivity contribution in [2.45, 2.75) is 0 Å². The van der Waals surface area contributed by atoms with Crippen molar-refractivity contribution in [2.75, 3.05) is 18.2 Å². The zero-order chi connectivity index (χ0) is 15.5. The molecule has 0 saturated heterocycles. The summed E-state index contributed by atoms with van der Waals surface area (Å²) in [5, 5.41) is 5.09. The fourth-order valence-electron chi connectivity index (χ4n) is 2.35. The molecule has 0 heterocycles. The highest BCUT2D eigenvalue weighted by atomic mass is 16.5. The second-order valence-corrected chi connectivity index (χ2v) is 4.97. The Hall–Kier alpha value is -3.01. The molecule has 0 aromatic heterocycles. The zero-order valence-corrected chi connectivity index (χ0v) is 12.2. The molecule has 1 amide bonds. The number of benzene rings is 3. The van der Waals surface area contributed by atoms with Crippen LogP contribution in [0.5, 0.6) is 5.75 Å². The molecule has 110 valence electrons. The summed E-state index contributed by atoms with van der Waals surface area (Å²) in [4.78, 5) is 12.3. The van der Waals surface area contributed by atoms with E-state index < -0.39 is 0 Å². The molecule has 0 unspecified atom stereocenters. The van der Waals surface area contributed by atoms with Crippen LogP contribution in [-0.2, 0) is 0 Å². The number of fused-ring (bicyclic) bond motifs is 1. The molecule has 0 aliphatic heterocycles. The SMILES string of the molecule is COc1ccc(C(=O)Nc2ccc3ccccc3c2)cc1N. The lowest BCUT2D eigenvalue weighted by molar-refractivity contribution is 0.102. The lowest BCUT2D eigenvalue weighted by atomic mass is 10.1. The molecule has 0 fully saturated rings. The summed E-state index contributed by atoms with van der Waals surface area (Å²) in [5.41, 5.74) is 7.51. The molecular weight excluding hydrogens is 276 g/mol. The quantitative estimate of drug-likeness (QED) is 0.724. The van der Waals surface area contributed by atoms with E-state index in [9.17, 15) is 4.79 Å². The van der Waals surface area contributed by atoms with Gasteiger partial charge in [0.15, 0.2) is 0 Å². The highest BCUT2D eigenvalue weighted by Gasteiger charge is 2.09. The number of anilines is 2. The van der Waals surface area contributed by atoms with E-state index in [1.54, 1.807) is 25.3 Å². The lowest BCUT2D eigenvalue weighted by Gasteiger charge is -2.09. The fraction of sp³-hybridized carbons (Fsp3) is 0.0556. The number of rotatable bonds is 3. The van der Waals surface area contributed by atoms with E-state index >= 15 is 0 Å². The molecule has 4 nitrogen and oxygen atoms in total. The van der Waals surface area contributed by atoms with Gasteiger partial charge in [0.1, 0.15) is 5.75 Å². The average Bonchev–Trinajstić information content (AvgIpc) is 2.54. The van der Waals surface area contributed by atoms with Gasteiger partial charge in [-0.1, -0.05) is 30.3 Å². The summed E-state index contributed by atoms with van der Waals surface area (Å²) in [6.45, 7) is 0. The van der Waals surface area contributed by atoms with Gasteiger partial charge in [-0.2, -0.15) is 0 Å². The van der Waals surface area contributed by atoms with Crippen LogP contribution >= 0.6 is 0 Å². The smallest absolute Gasteiger partial charge is 0.255 e. The maximum Gasteiger partial charge on any atom is 0.255 e. The number of nitrogen functional groups attached to an aromatic ring is 1. The van der Waals surface area contributed by atoms with E-state index in [4.69, 9.17) is 10.5 Å². The van der Waals surface area contributed by atoms with Gasteiger partial charge in [-0.25, -0.2) is 0 Å². The Bertz CT molecular complexity index is 843. The summed E-state index contributed by atoms with van der Waals surface area (Å²) in [7, 11) is 1.54. The van der Waals surface area contributed by atoms with Crippen LogP contribution in [-0.4, -0.2) is 13.0 Å². The molecule has 0 atom stereocenters. The Kier molecular flexibility index (Phi) is 3.66. The van der Waals surface area contributed by atoms with Crippen LogP contribution in [0.15, 0.2) is 60.7 Å². The van der Waals surface area contributed by atoms with Gasteiger partial charge in [-0.3, -0.25) is 4.79 Å². The van der Waals surface area contributed by atoms with Gasteiger partial charge < -0.3 is 15.8 Å². The maximum atomic E-state index is 12.3. The Morgan fingerprint density at radius 3 is 2.50 bits per heavy atom. The van der Waals surface area contributed by atoms with E-state index in [1.807, 2.05) is 42.5 Å². The average molecular weight is 292 g/mol. The molecule has 3 aromatic rings. The first-order valence-corrected chi connectivity index (χ1v) is 6.91. The van der Waals surface area contributed by atoms with Crippen molar-refractivity contribution in [1.82, 2.24) is 0 Å². The van der Waals surface area contributed by atoms with E-state index in [0.717, 1.165) is 16.5 Å². The molecule has 0 saturated carbocycles. The topological polar surface area (TPSA) is 64.3 Å². The van der Waals surface area contributed by atoms with Gasteiger partial charge in [-0.15, -0.1) is 0 Å². The number of carbonyl (C=O) groups excluding carboxylic acids is 1. The Labute approximate surface area is 128 Å². The predicted octanol–water partition coefficient (Wildman–Crippen LogP) is 3.68. The Morgan fingerprint density at radius 1 is 1.00 bits per heavy atom. The molecule has 0 spiro atoms. The second-order valence-electron chi connectivity index (χ2n) is 4.97. The number of hydrogen-bond donors (Lipinski definition) is 2. The van der Waals surface area contributed by atoms with Gasteiger partial charge in [0.25, 0.3) is 5.91 Å². The van der Waals surface area contributed by atoms with Crippen molar-refractivity contribution in [3.05, 3.63) is 66.2 Å². The first kappa shape index (κ1) is 13.9. The largest absolute Gasteiger partial charge is 0.495 e. The Morgan fingerprint density at radius 2 is 1.77 bits per heavy atom. The third kappa shape index (κ3) is 2.72. The fourth-order valence-corrected chi connectivity index (χ4v) is 2.35. The number of ether oxygens (including phenoxy) is 1. The first-order chi connectivity index (χ1) is 10.7. The van der Waals surface area contributed by atoms with E-state index in [-0.39, 0.29) is 5.91 Å². The predicted molar refractivity (Wildman–Crippen MR) is 89.3 cm³/mol. The Balaban J connectivity index is 1.84. The summed E-state index contributed by atoms with van der Waals surface area (Å²) in [6, 6.07) is 18.8. The van der Waals surface area contributed by atoms with Crippen LogP contribution < -0.4 is 15.8 Å². The van der Waals surface area contributed by atoms with Crippen LogP contribution in [0.3, 0.4) is 0 Å². The highest BCUT2D eigenvalue weighted by Crippen LogP contribution is 2.23. The summed E-state index contributed by atoms with van der Waals surface area (Å²) in [5.74, 6) is 0.354. The third-order valence-corrected chi connectivity index (χ3v) is 3.50. The van der Waals surface area contributed by atoms with Crippen LogP contribution in [0, 0.1) is 0 Å². The van der Waals surface area contributed by atoms with Crippen molar-refractivity contribution in [2.24, 2.45) is 0 Å². The molecule has 0 aliphatic rings. The van der Waals surface area contributed by atoms with Crippen LogP contribution in [0.25, 0.3) is 10.8 Å². The van der Waals surface area contributed by atoms with Crippen LogP contribution in [0.1, 0.15) is 10.4 Å². The molecule has 22 heavy (non-hydrogen) atoms. The number of hydrogen-bond acceptors (Lipinski definition) is 3. The number of amides is 1. The first-order valence-electron chi connectivity index (χ1n) is 6.91. The van der Waals surface area contributed by atoms with Crippen molar-refractivity contribution >= 4 is 28.1 Å². The van der Waals surface area contributed by atoms with Crippen LogP contribution in [0.4, 0.5) is 11.4 Å². The van der Waals surface area contributed by atoms with Gasteiger partial charge in [-0.05, 0) is 41.1 Å². The zero-order valence-electron chi connectivity index (χ0n) is 12.2. The summed E-state index contributed by atoms with van der Waals surface area (Å²) >= 11 is 0. The minimum atomic E-state index is -0.204. The number of nitrogens with one attached hydrogen (secondary N) is 1. The van der Waals surface area contributed by atoms with Gasteiger partial charge in [0, 0.05) is 11.3 Å².